The van der Waals surface area contributed by atoms with Crippen LogP contribution in [0.5, 0.6) is 0 Å². The summed E-state index contributed by atoms with van der Waals surface area (Å²) in [5, 5.41) is -1.23. The van der Waals surface area contributed by atoms with Crippen LogP contribution >= 0.6 is 34.5 Å². The minimum Gasteiger partial charge on any atom is -0.208 e. The summed E-state index contributed by atoms with van der Waals surface area (Å²) in [5.74, 6) is 0. The molecular formula is C6H4Cl2F2S. The first kappa shape index (κ1) is 9.23. The van der Waals surface area contributed by atoms with E-state index in [2.05, 4.69) is 0 Å². The Morgan fingerprint density at radius 2 is 2.00 bits per heavy atom. The van der Waals surface area contributed by atoms with Gasteiger partial charge in [-0.3, -0.25) is 0 Å². The van der Waals surface area contributed by atoms with Gasteiger partial charge in [-0.2, -0.15) is 0 Å². The summed E-state index contributed by atoms with van der Waals surface area (Å²) in [7, 11) is 0. The molecule has 0 aromatic carbocycles. The monoisotopic (exact) mass is 216 g/mol. The third kappa shape index (κ3) is 2.29. The van der Waals surface area contributed by atoms with E-state index in [1.807, 2.05) is 0 Å². The lowest BCUT2D eigenvalue weighted by Gasteiger charge is -2.03. The summed E-state index contributed by atoms with van der Waals surface area (Å²) in [5.41, 5.74) is 0. The number of halogens is 4. The quantitative estimate of drug-likeness (QED) is 0.658. The molecule has 1 rings (SSSR count). The predicted octanol–water partition coefficient (Wildman–Crippen LogP) is 3.95. The third-order valence-corrected chi connectivity index (χ3v) is 2.96. The molecule has 0 amide bonds. The van der Waals surface area contributed by atoms with Crippen LogP contribution in [0.3, 0.4) is 0 Å². The molecule has 0 saturated carbocycles. The molecule has 0 aliphatic carbocycles. The van der Waals surface area contributed by atoms with E-state index in [1.165, 1.54) is 6.07 Å². The maximum atomic E-state index is 12.0. The summed E-state index contributed by atoms with van der Waals surface area (Å²) in [4.78, 5) is 0.409. The van der Waals surface area contributed by atoms with Gasteiger partial charge >= 0.3 is 0 Å². The first-order valence-electron chi connectivity index (χ1n) is 2.78. The van der Waals surface area contributed by atoms with E-state index in [0.29, 0.717) is 9.21 Å². The molecular weight excluding hydrogens is 213 g/mol. The van der Waals surface area contributed by atoms with Crippen LogP contribution in [0.4, 0.5) is 8.78 Å². The van der Waals surface area contributed by atoms with Crippen LogP contribution in [-0.4, -0.2) is 6.43 Å². The fourth-order valence-electron chi connectivity index (χ4n) is 0.601. The Labute approximate surface area is 76.7 Å². The van der Waals surface area contributed by atoms with Crippen LogP contribution in [0.25, 0.3) is 0 Å². The Morgan fingerprint density at radius 3 is 2.36 bits per heavy atom. The van der Waals surface area contributed by atoms with E-state index in [1.54, 1.807) is 6.07 Å². The van der Waals surface area contributed by atoms with Gasteiger partial charge in [0.25, 0.3) is 6.43 Å². The van der Waals surface area contributed by atoms with Gasteiger partial charge in [0.05, 0.1) is 4.34 Å². The van der Waals surface area contributed by atoms with Gasteiger partial charge in [-0.05, 0) is 12.1 Å². The van der Waals surface area contributed by atoms with Gasteiger partial charge in [-0.25, -0.2) is 8.78 Å². The van der Waals surface area contributed by atoms with E-state index < -0.39 is 11.8 Å². The second kappa shape index (κ2) is 3.70. The zero-order valence-corrected chi connectivity index (χ0v) is 7.56. The lowest BCUT2D eigenvalue weighted by Crippen LogP contribution is -1.98. The highest BCUT2D eigenvalue weighted by Crippen LogP contribution is 2.34. The van der Waals surface area contributed by atoms with Crippen LogP contribution in [0.2, 0.25) is 4.34 Å². The fourth-order valence-corrected chi connectivity index (χ4v) is 1.85. The topological polar surface area (TPSA) is 0 Å². The standard InChI is InChI=1S/C6H4Cl2F2S/c7-4-2-1-3(11-4)5(8)6(9)10/h1-2,5-6H. The van der Waals surface area contributed by atoms with Gasteiger partial charge in [0, 0.05) is 4.88 Å². The predicted molar refractivity (Wildman–Crippen MR) is 43.9 cm³/mol. The van der Waals surface area contributed by atoms with E-state index in [-0.39, 0.29) is 0 Å². The summed E-state index contributed by atoms with van der Waals surface area (Å²) in [6, 6.07) is 3.07. The maximum absolute atomic E-state index is 12.0. The van der Waals surface area contributed by atoms with Crippen molar-refractivity contribution in [1.29, 1.82) is 0 Å². The van der Waals surface area contributed by atoms with Gasteiger partial charge in [0.1, 0.15) is 5.38 Å². The van der Waals surface area contributed by atoms with E-state index >= 15 is 0 Å². The summed E-state index contributed by atoms with van der Waals surface area (Å²) in [6.07, 6.45) is -2.54. The van der Waals surface area contributed by atoms with Crippen molar-refractivity contribution in [3.63, 3.8) is 0 Å². The zero-order valence-electron chi connectivity index (χ0n) is 5.23. The van der Waals surface area contributed by atoms with Gasteiger partial charge in [-0.15, -0.1) is 22.9 Å². The summed E-state index contributed by atoms with van der Waals surface area (Å²) < 4.78 is 24.4. The van der Waals surface area contributed by atoms with Gasteiger partial charge in [-0.1, -0.05) is 11.6 Å². The normalized spacial score (nSPS) is 13.9. The van der Waals surface area contributed by atoms with E-state index in [9.17, 15) is 8.78 Å². The van der Waals surface area contributed by atoms with E-state index in [4.69, 9.17) is 23.2 Å². The van der Waals surface area contributed by atoms with Crippen molar-refractivity contribution in [2.45, 2.75) is 11.8 Å². The molecule has 62 valence electrons. The van der Waals surface area contributed by atoms with Crippen LogP contribution in [0, 0.1) is 0 Å². The fraction of sp³-hybridized carbons (Fsp3) is 0.333. The highest BCUT2D eigenvalue weighted by Gasteiger charge is 2.20. The molecule has 0 aliphatic rings. The smallest absolute Gasteiger partial charge is 0.208 e. The molecule has 0 saturated heterocycles. The van der Waals surface area contributed by atoms with E-state index in [0.717, 1.165) is 11.3 Å². The number of hydrogen-bond acceptors (Lipinski definition) is 1. The number of hydrogen-bond donors (Lipinski definition) is 0. The van der Waals surface area contributed by atoms with Crippen molar-refractivity contribution < 1.29 is 8.78 Å². The van der Waals surface area contributed by atoms with Gasteiger partial charge in [0.15, 0.2) is 0 Å². The number of rotatable bonds is 2. The number of thiophene rings is 1. The largest absolute Gasteiger partial charge is 0.259 e. The Morgan fingerprint density at radius 1 is 1.36 bits per heavy atom. The highest BCUT2D eigenvalue weighted by molar-refractivity contribution is 7.16. The maximum Gasteiger partial charge on any atom is 0.259 e. The second-order valence-corrected chi connectivity index (χ2v) is 4.09. The zero-order chi connectivity index (χ0) is 8.43. The second-order valence-electron chi connectivity index (χ2n) is 1.88. The molecule has 1 unspecified atom stereocenters. The van der Waals surface area contributed by atoms with Crippen molar-refractivity contribution in [3.8, 4) is 0 Å². The van der Waals surface area contributed by atoms with Crippen LogP contribution in [-0.2, 0) is 0 Å². The average molecular weight is 217 g/mol. The van der Waals surface area contributed by atoms with Gasteiger partial charge < -0.3 is 0 Å². The van der Waals surface area contributed by atoms with Gasteiger partial charge in [0.2, 0.25) is 0 Å². The minimum atomic E-state index is -2.54. The molecule has 0 fully saturated rings. The highest BCUT2D eigenvalue weighted by atomic mass is 35.5. The van der Waals surface area contributed by atoms with Crippen molar-refractivity contribution in [2.24, 2.45) is 0 Å². The summed E-state index contributed by atoms with van der Waals surface area (Å²) >= 11 is 12.0. The Balaban J connectivity index is 2.76. The average Bonchev–Trinajstić information content (AvgIpc) is 2.34. The molecule has 0 N–H and O–H groups in total. The van der Waals surface area contributed by atoms with Crippen molar-refractivity contribution in [2.75, 3.05) is 0 Å². The molecule has 1 aromatic heterocycles. The molecule has 0 aliphatic heterocycles. The molecule has 0 nitrogen and oxygen atoms in total. The molecule has 0 radical (unpaired) electrons. The summed E-state index contributed by atoms with van der Waals surface area (Å²) in [6.45, 7) is 0. The molecule has 1 aromatic rings. The van der Waals surface area contributed by atoms with Crippen LogP contribution < -0.4 is 0 Å². The molecule has 0 bridgehead atoms. The molecule has 0 spiro atoms. The third-order valence-electron chi connectivity index (χ3n) is 1.09. The first-order valence-corrected chi connectivity index (χ1v) is 4.42. The molecule has 11 heavy (non-hydrogen) atoms. The molecule has 1 heterocycles. The Bertz CT molecular complexity index is 236. The molecule has 5 heteroatoms. The SMILES string of the molecule is FC(F)C(Cl)c1ccc(Cl)s1. The Hall–Kier alpha value is 0.140. The lowest BCUT2D eigenvalue weighted by atomic mass is 10.3. The van der Waals surface area contributed by atoms with Crippen LogP contribution in [0.15, 0.2) is 12.1 Å². The van der Waals surface area contributed by atoms with Crippen LogP contribution in [0.1, 0.15) is 10.3 Å². The molecule has 1 atom stereocenters. The Kier molecular flexibility index (Phi) is 3.10. The van der Waals surface area contributed by atoms with Crippen molar-refractivity contribution >= 4 is 34.5 Å². The lowest BCUT2D eigenvalue weighted by molar-refractivity contribution is 0.144. The number of alkyl halides is 3. The van der Waals surface area contributed by atoms with Crippen molar-refractivity contribution in [1.82, 2.24) is 0 Å². The minimum absolute atomic E-state index is 0.409. The van der Waals surface area contributed by atoms with Crippen molar-refractivity contribution in [3.05, 3.63) is 21.3 Å². The first-order chi connectivity index (χ1) is 5.11.